The van der Waals surface area contributed by atoms with Crippen molar-refractivity contribution in [2.45, 2.75) is 124 Å². The summed E-state index contributed by atoms with van der Waals surface area (Å²) in [6, 6.07) is 5.19. The van der Waals surface area contributed by atoms with Crippen molar-refractivity contribution in [3.8, 4) is 5.75 Å². The van der Waals surface area contributed by atoms with Crippen LogP contribution in [0, 0.1) is 18.3 Å². The lowest BCUT2D eigenvalue weighted by molar-refractivity contribution is 0.119. The third-order valence-electron chi connectivity index (χ3n) is 7.92. The van der Waals surface area contributed by atoms with Crippen molar-refractivity contribution >= 4 is 5.69 Å². The Labute approximate surface area is 186 Å². The zero-order chi connectivity index (χ0) is 21.8. The molecule has 1 aromatic rings. The van der Waals surface area contributed by atoms with E-state index in [9.17, 15) is 0 Å². The Morgan fingerprint density at radius 3 is 2.33 bits per heavy atom. The fourth-order valence-corrected chi connectivity index (χ4v) is 5.95. The normalized spacial score (nSPS) is 23.9. The number of rotatable bonds is 10. The zero-order valence-corrected chi connectivity index (χ0v) is 20.7. The van der Waals surface area contributed by atoms with E-state index in [-0.39, 0.29) is 5.41 Å². The number of ether oxygens (including phenoxy) is 1. The van der Waals surface area contributed by atoms with Crippen LogP contribution in [0.4, 0.5) is 5.69 Å². The summed E-state index contributed by atoms with van der Waals surface area (Å²) in [7, 11) is 0. The van der Waals surface area contributed by atoms with Gasteiger partial charge < -0.3 is 10.1 Å². The minimum atomic E-state index is 0.199. The second-order valence-corrected chi connectivity index (χ2v) is 11.5. The Hall–Kier alpha value is -1.18. The Morgan fingerprint density at radius 2 is 1.63 bits per heavy atom. The van der Waals surface area contributed by atoms with Gasteiger partial charge in [0, 0.05) is 11.7 Å². The molecule has 2 atom stereocenters. The van der Waals surface area contributed by atoms with Gasteiger partial charge in [0.05, 0.1) is 6.61 Å². The zero-order valence-electron chi connectivity index (χ0n) is 20.7. The molecule has 1 saturated carbocycles. The third-order valence-corrected chi connectivity index (χ3v) is 7.92. The number of hydrogen-bond acceptors (Lipinski definition) is 2. The van der Waals surface area contributed by atoms with Gasteiger partial charge in [0.15, 0.2) is 0 Å². The van der Waals surface area contributed by atoms with E-state index >= 15 is 0 Å². The largest absolute Gasteiger partial charge is 0.494 e. The highest BCUT2D eigenvalue weighted by Crippen LogP contribution is 2.53. The van der Waals surface area contributed by atoms with Gasteiger partial charge in [-0.1, -0.05) is 79.6 Å². The molecule has 1 aliphatic heterocycles. The van der Waals surface area contributed by atoms with Crippen LogP contribution in [0.15, 0.2) is 12.1 Å². The van der Waals surface area contributed by atoms with Crippen molar-refractivity contribution in [1.29, 1.82) is 0 Å². The first-order chi connectivity index (χ1) is 14.2. The number of fused-ring (bicyclic) bond motifs is 2. The quantitative estimate of drug-likeness (QED) is 0.389. The fourth-order valence-electron chi connectivity index (χ4n) is 5.95. The Bertz CT molecular complexity index is 690. The van der Waals surface area contributed by atoms with E-state index in [1.165, 1.54) is 87.4 Å². The van der Waals surface area contributed by atoms with Crippen LogP contribution in [0.25, 0.3) is 0 Å². The highest BCUT2D eigenvalue weighted by Gasteiger charge is 2.47. The number of unbranched alkanes of at least 4 members (excludes halogenated alkanes) is 7. The number of aryl methyl sites for hydroxylation is 1. The van der Waals surface area contributed by atoms with Crippen LogP contribution in [0.3, 0.4) is 0 Å². The van der Waals surface area contributed by atoms with Crippen LogP contribution in [0.1, 0.15) is 116 Å². The van der Waals surface area contributed by atoms with Gasteiger partial charge in [0.1, 0.15) is 5.75 Å². The monoisotopic (exact) mass is 413 g/mol. The molecule has 3 rings (SSSR count). The van der Waals surface area contributed by atoms with E-state index in [0.717, 1.165) is 12.4 Å². The molecule has 0 amide bonds. The maximum atomic E-state index is 6.23. The lowest BCUT2D eigenvalue weighted by atomic mass is 9.58. The first-order valence-electron chi connectivity index (χ1n) is 12.8. The summed E-state index contributed by atoms with van der Waals surface area (Å²) in [5, 5.41) is 3.95. The molecular formula is C28H47NO. The predicted molar refractivity (Wildman–Crippen MR) is 131 cm³/mol. The number of anilines is 1. The molecule has 170 valence electrons. The van der Waals surface area contributed by atoms with Gasteiger partial charge in [-0.05, 0) is 72.6 Å². The first-order valence-corrected chi connectivity index (χ1v) is 12.8. The van der Waals surface area contributed by atoms with E-state index in [4.69, 9.17) is 4.74 Å². The van der Waals surface area contributed by atoms with Crippen molar-refractivity contribution in [2.75, 3.05) is 11.9 Å². The summed E-state index contributed by atoms with van der Waals surface area (Å²) in [6.07, 6.45) is 14.7. The van der Waals surface area contributed by atoms with Crippen LogP contribution in [0.5, 0.6) is 5.75 Å². The third kappa shape index (κ3) is 5.54. The minimum Gasteiger partial charge on any atom is -0.494 e. The fraction of sp³-hybridized carbons (Fsp3) is 0.786. The van der Waals surface area contributed by atoms with Crippen molar-refractivity contribution in [2.24, 2.45) is 11.3 Å². The molecule has 0 unspecified atom stereocenters. The number of benzene rings is 1. The van der Waals surface area contributed by atoms with Crippen molar-refractivity contribution in [1.82, 2.24) is 0 Å². The van der Waals surface area contributed by atoms with Crippen molar-refractivity contribution in [3.63, 3.8) is 0 Å². The van der Waals surface area contributed by atoms with Crippen molar-refractivity contribution < 1.29 is 4.74 Å². The van der Waals surface area contributed by atoms with Gasteiger partial charge in [-0.15, -0.1) is 0 Å². The Balaban J connectivity index is 1.57. The Kier molecular flexibility index (Phi) is 7.80. The molecule has 1 aliphatic carbocycles. The second kappa shape index (κ2) is 9.96. The molecule has 1 N–H and O–H groups in total. The van der Waals surface area contributed by atoms with E-state index in [2.05, 4.69) is 59.0 Å². The van der Waals surface area contributed by atoms with Crippen LogP contribution < -0.4 is 10.1 Å². The lowest BCUT2D eigenvalue weighted by Crippen LogP contribution is -2.50. The van der Waals surface area contributed by atoms with Gasteiger partial charge in [-0.25, -0.2) is 0 Å². The minimum absolute atomic E-state index is 0.199. The first kappa shape index (κ1) is 23.5. The van der Waals surface area contributed by atoms with Crippen LogP contribution in [-0.4, -0.2) is 12.6 Å². The molecule has 30 heavy (non-hydrogen) atoms. The molecule has 0 bridgehead atoms. The molecule has 2 nitrogen and oxygen atoms in total. The summed E-state index contributed by atoms with van der Waals surface area (Å²) in [5.41, 5.74) is 4.83. The van der Waals surface area contributed by atoms with Crippen LogP contribution >= 0.6 is 0 Å². The molecule has 0 spiro atoms. The Morgan fingerprint density at radius 1 is 0.967 bits per heavy atom. The lowest BCUT2D eigenvalue weighted by Gasteiger charge is -2.52. The van der Waals surface area contributed by atoms with Crippen LogP contribution in [0.2, 0.25) is 0 Å². The average molecular weight is 414 g/mol. The number of hydrogen-bond donors (Lipinski definition) is 1. The summed E-state index contributed by atoms with van der Waals surface area (Å²) in [6.45, 7) is 15.2. The molecule has 1 fully saturated rings. The SMILES string of the molecule is CCCCCCCCCCOc1cc(C)c2c(c1)C(C)(C)[C@H]1CCC(C)(C)C[C@@H]1N2. The van der Waals surface area contributed by atoms with Gasteiger partial charge >= 0.3 is 0 Å². The van der Waals surface area contributed by atoms with E-state index < -0.39 is 0 Å². The molecule has 1 aromatic carbocycles. The smallest absolute Gasteiger partial charge is 0.119 e. The molecule has 0 saturated heterocycles. The van der Waals surface area contributed by atoms with E-state index in [1.54, 1.807) is 0 Å². The van der Waals surface area contributed by atoms with Gasteiger partial charge in [0.25, 0.3) is 0 Å². The second-order valence-electron chi connectivity index (χ2n) is 11.5. The van der Waals surface area contributed by atoms with Gasteiger partial charge in [0.2, 0.25) is 0 Å². The average Bonchev–Trinajstić information content (AvgIpc) is 2.67. The van der Waals surface area contributed by atoms with E-state index in [1.807, 2.05) is 0 Å². The standard InChI is InChI=1S/C28H47NO/c1-7-8-9-10-11-12-13-14-17-30-22-18-21(2)26-24(19-22)28(5,6)23-15-16-27(3,4)20-25(23)29-26/h18-19,23,25,29H,7-17,20H2,1-6H3/t23-,25-/m0/s1. The molecular weight excluding hydrogens is 366 g/mol. The maximum Gasteiger partial charge on any atom is 0.119 e. The summed E-state index contributed by atoms with van der Waals surface area (Å²) in [4.78, 5) is 0. The molecule has 0 aromatic heterocycles. The maximum absolute atomic E-state index is 6.23. The molecule has 0 radical (unpaired) electrons. The van der Waals surface area contributed by atoms with E-state index in [0.29, 0.717) is 17.4 Å². The van der Waals surface area contributed by atoms with Crippen molar-refractivity contribution in [3.05, 3.63) is 23.3 Å². The molecule has 2 heteroatoms. The highest BCUT2D eigenvalue weighted by atomic mass is 16.5. The summed E-state index contributed by atoms with van der Waals surface area (Å²) < 4.78 is 6.23. The molecule has 2 aliphatic rings. The molecule has 1 heterocycles. The van der Waals surface area contributed by atoms with Gasteiger partial charge in [-0.2, -0.15) is 0 Å². The number of nitrogens with one attached hydrogen (secondary N) is 1. The topological polar surface area (TPSA) is 21.3 Å². The summed E-state index contributed by atoms with van der Waals surface area (Å²) >= 11 is 0. The highest BCUT2D eigenvalue weighted by molar-refractivity contribution is 5.65. The van der Waals surface area contributed by atoms with Gasteiger partial charge in [-0.3, -0.25) is 0 Å². The van der Waals surface area contributed by atoms with Crippen LogP contribution in [-0.2, 0) is 5.41 Å². The summed E-state index contributed by atoms with van der Waals surface area (Å²) in [5.74, 6) is 1.78. The predicted octanol–water partition coefficient (Wildman–Crippen LogP) is 8.41.